The summed E-state index contributed by atoms with van der Waals surface area (Å²) < 4.78 is 50.5. The fourth-order valence-electron chi connectivity index (χ4n) is 2.16. The van der Waals surface area contributed by atoms with Crippen LogP contribution in [0.3, 0.4) is 0 Å². The van der Waals surface area contributed by atoms with Gasteiger partial charge in [-0.05, 0) is 36.4 Å². The summed E-state index contributed by atoms with van der Waals surface area (Å²) in [6.07, 6.45) is 0.958. The number of rotatable bonds is 5. The van der Waals surface area contributed by atoms with E-state index < -0.39 is 26.6 Å². The minimum Gasteiger partial charge on any atom is -0.340 e. The second kappa shape index (κ2) is 7.86. The Hall–Kier alpha value is -2.49. The van der Waals surface area contributed by atoms with Gasteiger partial charge in [0.05, 0.1) is 10.0 Å². The zero-order chi connectivity index (χ0) is 20.5. The van der Waals surface area contributed by atoms with Crippen molar-refractivity contribution in [3.05, 3.63) is 64.1 Å². The highest BCUT2D eigenvalue weighted by Gasteiger charge is 2.15. The fourth-order valence-corrected chi connectivity index (χ4v) is 3.05. The maximum Gasteiger partial charge on any atom is 0.250 e. The SMILES string of the molecule is CS(=O)(=O)c1nc(Nc2ccc(F)c(Cl)c2)cc(Nc2ccc(F)c(Cl)c2)n1. The summed E-state index contributed by atoms with van der Waals surface area (Å²) in [4.78, 5) is 7.90. The Morgan fingerprint density at radius 2 is 1.25 bits per heavy atom. The average molecular weight is 445 g/mol. The van der Waals surface area contributed by atoms with E-state index in [1.165, 1.54) is 30.3 Å². The normalized spacial score (nSPS) is 11.3. The van der Waals surface area contributed by atoms with Crippen molar-refractivity contribution in [1.29, 1.82) is 0 Å². The van der Waals surface area contributed by atoms with Crippen LogP contribution in [0.4, 0.5) is 31.8 Å². The van der Waals surface area contributed by atoms with E-state index >= 15 is 0 Å². The molecule has 0 unspecified atom stereocenters. The van der Waals surface area contributed by atoms with Crippen LogP contribution in [0.15, 0.2) is 47.6 Å². The van der Waals surface area contributed by atoms with E-state index in [1.807, 2.05) is 0 Å². The van der Waals surface area contributed by atoms with Gasteiger partial charge in [-0.2, -0.15) is 0 Å². The zero-order valence-electron chi connectivity index (χ0n) is 14.2. The molecule has 0 fully saturated rings. The molecule has 3 aromatic rings. The first-order chi connectivity index (χ1) is 13.1. The number of halogens is 4. The van der Waals surface area contributed by atoms with Crippen LogP contribution < -0.4 is 10.6 Å². The van der Waals surface area contributed by atoms with E-state index in [2.05, 4.69) is 20.6 Å². The summed E-state index contributed by atoms with van der Waals surface area (Å²) in [5, 5.41) is 5.01. The number of anilines is 4. The summed E-state index contributed by atoms with van der Waals surface area (Å²) in [6.45, 7) is 0. The lowest BCUT2D eigenvalue weighted by molar-refractivity contribution is 0.593. The maximum absolute atomic E-state index is 13.3. The molecule has 0 bridgehead atoms. The Balaban J connectivity index is 1.98. The first-order valence-electron chi connectivity index (χ1n) is 7.65. The second-order valence-corrected chi connectivity index (χ2v) is 8.42. The van der Waals surface area contributed by atoms with E-state index in [-0.39, 0.29) is 21.7 Å². The highest BCUT2D eigenvalue weighted by molar-refractivity contribution is 7.90. The third-order valence-electron chi connectivity index (χ3n) is 3.42. The molecular formula is C17H12Cl2F2N4O2S. The van der Waals surface area contributed by atoms with Gasteiger partial charge in [-0.25, -0.2) is 27.2 Å². The van der Waals surface area contributed by atoms with Crippen molar-refractivity contribution in [3.63, 3.8) is 0 Å². The highest BCUT2D eigenvalue weighted by atomic mass is 35.5. The molecule has 28 heavy (non-hydrogen) atoms. The molecule has 146 valence electrons. The van der Waals surface area contributed by atoms with Gasteiger partial charge in [-0.15, -0.1) is 0 Å². The topological polar surface area (TPSA) is 84.0 Å². The molecule has 0 aliphatic heterocycles. The summed E-state index contributed by atoms with van der Waals surface area (Å²) in [5.41, 5.74) is 0.778. The van der Waals surface area contributed by atoms with Crippen molar-refractivity contribution in [3.8, 4) is 0 Å². The molecule has 1 aromatic heterocycles. The van der Waals surface area contributed by atoms with Crippen LogP contribution in [0.25, 0.3) is 0 Å². The minimum atomic E-state index is -3.74. The lowest BCUT2D eigenvalue weighted by Gasteiger charge is -2.11. The predicted molar refractivity (Wildman–Crippen MR) is 105 cm³/mol. The Morgan fingerprint density at radius 1 is 0.821 bits per heavy atom. The Kier molecular flexibility index (Phi) is 5.69. The molecule has 1 heterocycles. The molecule has 2 N–H and O–H groups in total. The number of benzene rings is 2. The molecular weight excluding hydrogens is 433 g/mol. The van der Waals surface area contributed by atoms with E-state index in [1.54, 1.807) is 0 Å². The van der Waals surface area contributed by atoms with Gasteiger partial charge >= 0.3 is 0 Å². The predicted octanol–water partition coefficient (Wildman–Crippen LogP) is 4.95. The zero-order valence-corrected chi connectivity index (χ0v) is 16.5. The average Bonchev–Trinajstić information content (AvgIpc) is 2.60. The standard InChI is InChI=1S/C17H12Cl2F2N4O2S/c1-28(26,27)17-24-15(22-9-2-4-13(20)11(18)6-9)8-16(25-17)23-10-3-5-14(21)12(19)7-10/h2-8H,1H3,(H2,22,23,24,25). The van der Waals surface area contributed by atoms with E-state index in [0.717, 1.165) is 18.4 Å². The summed E-state index contributed by atoms with van der Waals surface area (Å²) >= 11 is 11.5. The van der Waals surface area contributed by atoms with Gasteiger partial charge in [0, 0.05) is 23.7 Å². The van der Waals surface area contributed by atoms with Crippen molar-refractivity contribution in [2.24, 2.45) is 0 Å². The minimum absolute atomic E-state index is 0.110. The molecule has 6 nitrogen and oxygen atoms in total. The van der Waals surface area contributed by atoms with Crippen LogP contribution in [0, 0.1) is 11.6 Å². The van der Waals surface area contributed by atoms with E-state index in [4.69, 9.17) is 23.2 Å². The molecule has 0 atom stereocenters. The molecule has 0 saturated heterocycles. The smallest absolute Gasteiger partial charge is 0.250 e. The maximum atomic E-state index is 13.3. The van der Waals surface area contributed by atoms with E-state index in [0.29, 0.717) is 11.4 Å². The van der Waals surface area contributed by atoms with Crippen molar-refractivity contribution in [2.45, 2.75) is 5.16 Å². The fraction of sp³-hybridized carbons (Fsp3) is 0.0588. The number of nitrogens with one attached hydrogen (secondary N) is 2. The third-order valence-corrected chi connectivity index (χ3v) is 4.85. The number of nitrogens with zero attached hydrogens (tertiary/aromatic N) is 2. The van der Waals surface area contributed by atoms with Crippen molar-refractivity contribution < 1.29 is 17.2 Å². The lowest BCUT2D eigenvalue weighted by atomic mass is 10.3. The molecule has 11 heteroatoms. The molecule has 0 aliphatic rings. The quantitative estimate of drug-likeness (QED) is 0.541. The van der Waals surface area contributed by atoms with Crippen LogP contribution >= 0.6 is 23.2 Å². The van der Waals surface area contributed by atoms with Crippen LogP contribution in [0.2, 0.25) is 10.0 Å². The summed E-state index contributed by atoms with van der Waals surface area (Å²) in [5.74, 6) is -0.952. The van der Waals surface area contributed by atoms with Gasteiger partial charge in [-0.3, -0.25) is 0 Å². The van der Waals surface area contributed by atoms with Gasteiger partial charge in [0.25, 0.3) is 5.16 Å². The van der Waals surface area contributed by atoms with E-state index in [9.17, 15) is 17.2 Å². The molecule has 3 rings (SSSR count). The number of hydrogen-bond acceptors (Lipinski definition) is 6. The monoisotopic (exact) mass is 444 g/mol. The van der Waals surface area contributed by atoms with Gasteiger partial charge in [0.15, 0.2) is 0 Å². The molecule has 0 saturated carbocycles. The van der Waals surface area contributed by atoms with Crippen molar-refractivity contribution in [1.82, 2.24) is 9.97 Å². The van der Waals surface area contributed by atoms with Crippen molar-refractivity contribution in [2.75, 3.05) is 16.9 Å². The van der Waals surface area contributed by atoms with Gasteiger partial charge in [0.1, 0.15) is 23.3 Å². The molecule has 0 radical (unpaired) electrons. The van der Waals surface area contributed by atoms with Crippen LogP contribution in [-0.4, -0.2) is 24.6 Å². The molecule has 0 aliphatic carbocycles. The Bertz CT molecular complexity index is 1090. The first-order valence-corrected chi connectivity index (χ1v) is 10.3. The molecule has 0 spiro atoms. The Labute approximate surface area is 169 Å². The van der Waals surface area contributed by atoms with Gasteiger partial charge in [-0.1, -0.05) is 23.2 Å². The first kappa shape index (κ1) is 20.2. The summed E-state index contributed by atoms with van der Waals surface area (Å²) in [7, 11) is -3.74. The van der Waals surface area contributed by atoms with Crippen LogP contribution in [-0.2, 0) is 9.84 Å². The number of hydrogen-bond donors (Lipinski definition) is 2. The van der Waals surface area contributed by atoms with Crippen molar-refractivity contribution >= 4 is 56.0 Å². The number of sulfone groups is 1. The number of aromatic nitrogens is 2. The highest BCUT2D eigenvalue weighted by Crippen LogP contribution is 2.26. The molecule has 0 amide bonds. The van der Waals surface area contributed by atoms with Crippen LogP contribution in [0.1, 0.15) is 0 Å². The van der Waals surface area contributed by atoms with Gasteiger partial charge in [0.2, 0.25) is 9.84 Å². The van der Waals surface area contributed by atoms with Crippen LogP contribution in [0.5, 0.6) is 0 Å². The third kappa shape index (κ3) is 4.86. The lowest BCUT2D eigenvalue weighted by Crippen LogP contribution is -2.08. The molecule has 2 aromatic carbocycles. The largest absolute Gasteiger partial charge is 0.340 e. The summed E-state index contributed by atoms with van der Waals surface area (Å²) in [6, 6.07) is 9.21. The van der Waals surface area contributed by atoms with Gasteiger partial charge < -0.3 is 10.6 Å². The Morgan fingerprint density at radius 3 is 1.61 bits per heavy atom. The second-order valence-electron chi connectivity index (χ2n) is 5.70.